The Kier molecular flexibility index (Phi) is 2.94. The molecule has 1 aliphatic rings. The van der Waals surface area contributed by atoms with Crippen molar-refractivity contribution in [2.24, 2.45) is 0 Å². The number of aromatic amines is 2. The van der Waals surface area contributed by atoms with E-state index in [1.807, 2.05) is 0 Å². The maximum Gasteiger partial charge on any atom is 0.332 e. The third-order valence-corrected chi connectivity index (χ3v) is 3.32. The quantitative estimate of drug-likeness (QED) is 0.394. The average molecular weight is 284 g/mol. The smallest absolute Gasteiger partial charge is 0.332 e. The van der Waals surface area contributed by atoms with Gasteiger partial charge in [0.2, 0.25) is 0 Å². The number of H-pyrrole nitrogens is 2. The fourth-order valence-corrected chi connectivity index (χ4v) is 2.29. The van der Waals surface area contributed by atoms with Crippen molar-refractivity contribution in [1.82, 2.24) is 19.7 Å². The van der Waals surface area contributed by atoms with Crippen molar-refractivity contribution in [2.75, 3.05) is 6.61 Å². The highest BCUT2D eigenvalue weighted by atomic mass is 16.6. The van der Waals surface area contributed by atoms with Crippen molar-refractivity contribution in [3.05, 3.63) is 27.0 Å². The molecule has 1 saturated heterocycles. The topological polar surface area (TPSA) is 153 Å². The summed E-state index contributed by atoms with van der Waals surface area (Å²) in [5, 5.41) is 34.9. The summed E-state index contributed by atoms with van der Waals surface area (Å²) in [5.41, 5.74) is -1.38. The molecule has 3 rings (SSSR count). The lowest BCUT2D eigenvalue weighted by molar-refractivity contribution is -0.0530. The number of aliphatic hydroxyl groups excluding tert-OH is 3. The monoisotopic (exact) mass is 284 g/mol. The number of aliphatic hydroxyl groups is 3. The van der Waals surface area contributed by atoms with Gasteiger partial charge in [0.05, 0.1) is 12.8 Å². The predicted octanol–water partition coefficient (Wildman–Crippen LogP) is -2.98. The summed E-state index contributed by atoms with van der Waals surface area (Å²) in [5.74, 6) is 0. The van der Waals surface area contributed by atoms with Crippen LogP contribution in [0.4, 0.5) is 0 Å². The molecule has 1 fully saturated rings. The van der Waals surface area contributed by atoms with Crippen LogP contribution in [0.25, 0.3) is 11.0 Å². The molecule has 2 aromatic heterocycles. The maximum absolute atomic E-state index is 11.9. The van der Waals surface area contributed by atoms with Gasteiger partial charge >= 0.3 is 5.69 Å². The minimum Gasteiger partial charge on any atom is -0.394 e. The van der Waals surface area contributed by atoms with Gasteiger partial charge in [-0.1, -0.05) is 0 Å². The summed E-state index contributed by atoms with van der Waals surface area (Å²) >= 11 is 0. The molecule has 0 unspecified atom stereocenters. The Labute approximate surface area is 110 Å². The molecule has 3 heterocycles. The van der Waals surface area contributed by atoms with Gasteiger partial charge in [0.1, 0.15) is 29.3 Å². The summed E-state index contributed by atoms with van der Waals surface area (Å²) in [6.45, 7) is -0.515. The molecule has 0 amide bonds. The van der Waals surface area contributed by atoms with Gasteiger partial charge in [-0.3, -0.25) is 14.9 Å². The summed E-state index contributed by atoms with van der Waals surface area (Å²) in [4.78, 5) is 25.6. The maximum atomic E-state index is 11.9. The number of hydrogen-bond acceptors (Lipinski definition) is 7. The largest absolute Gasteiger partial charge is 0.394 e. The van der Waals surface area contributed by atoms with E-state index < -0.39 is 42.4 Å². The highest BCUT2D eigenvalue weighted by Gasteiger charge is 2.44. The van der Waals surface area contributed by atoms with Gasteiger partial charge < -0.3 is 20.1 Å². The van der Waals surface area contributed by atoms with Gasteiger partial charge in [-0.15, -0.1) is 0 Å². The third kappa shape index (κ3) is 1.70. The van der Waals surface area contributed by atoms with Crippen LogP contribution in [0, 0.1) is 0 Å². The van der Waals surface area contributed by atoms with E-state index in [1.165, 1.54) is 6.20 Å². The van der Waals surface area contributed by atoms with Crippen molar-refractivity contribution in [3.8, 4) is 0 Å². The molecular weight excluding hydrogens is 272 g/mol. The molecule has 10 nitrogen and oxygen atoms in total. The zero-order valence-corrected chi connectivity index (χ0v) is 10.1. The SMILES string of the molecule is O=c1[nH]c(=O)n([C@@H]2O[C@H](CO)[C@@H](O)[C@H]2O)c2[nH]ncc12. The van der Waals surface area contributed by atoms with Crippen LogP contribution < -0.4 is 11.2 Å². The standard InChI is InChI=1S/C10H12N4O6/c15-2-4-5(16)6(17)9(20-4)14-7-3(1-11-13-7)8(18)12-10(14)19/h1,4-6,9,15-17H,2H2,(H,11,13)(H,12,18,19)/t4-,5-,6-,9-/m1/s1. The van der Waals surface area contributed by atoms with Crippen molar-refractivity contribution < 1.29 is 20.1 Å². The Morgan fingerprint density at radius 2 is 2.10 bits per heavy atom. The van der Waals surface area contributed by atoms with Crippen LogP contribution in [0.1, 0.15) is 6.23 Å². The van der Waals surface area contributed by atoms with Crippen molar-refractivity contribution in [3.63, 3.8) is 0 Å². The van der Waals surface area contributed by atoms with Gasteiger partial charge in [0.25, 0.3) is 5.56 Å². The predicted molar refractivity (Wildman–Crippen MR) is 64.0 cm³/mol. The molecule has 4 atom stereocenters. The van der Waals surface area contributed by atoms with Crippen LogP contribution in [-0.4, -0.2) is 60.0 Å². The Balaban J connectivity index is 2.18. The fraction of sp³-hybridized carbons (Fsp3) is 0.500. The van der Waals surface area contributed by atoms with Gasteiger partial charge in [-0.2, -0.15) is 5.10 Å². The first-order chi connectivity index (χ1) is 9.54. The van der Waals surface area contributed by atoms with Crippen LogP contribution >= 0.6 is 0 Å². The van der Waals surface area contributed by atoms with Crippen LogP contribution in [0.5, 0.6) is 0 Å². The first kappa shape index (κ1) is 13.0. The Bertz CT molecular complexity index is 748. The summed E-state index contributed by atoms with van der Waals surface area (Å²) in [6.07, 6.45) is -3.81. The van der Waals surface area contributed by atoms with E-state index >= 15 is 0 Å². The van der Waals surface area contributed by atoms with Crippen molar-refractivity contribution >= 4 is 11.0 Å². The van der Waals surface area contributed by atoms with Gasteiger partial charge in [0, 0.05) is 0 Å². The highest BCUT2D eigenvalue weighted by Crippen LogP contribution is 2.29. The molecule has 0 aliphatic carbocycles. The van der Waals surface area contributed by atoms with Crippen molar-refractivity contribution in [2.45, 2.75) is 24.5 Å². The van der Waals surface area contributed by atoms with Gasteiger partial charge in [-0.25, -0.2) is 9.36 Å². The van der Waals surface area contributed by atoms with Crippen LogP contribution in [0.2, 0.25) is 0 Å². The highest BCUT2D eigenvalue weighted by molar-refractivity contribution is 5.72. The minimum atomic E-state index is -1.43. The lowest BCUT2D eigenvalue weighted by atomic mass is 10.1. The second-order valence-corrected chi connectivity index (χ2v) is 4.49. The number of hydrogen-bond donors (Lipinski definition) is 5. The third-order valence-electron chi connectivity index (χ3n) is 3.32. The molecule has 20 heavy (non-hydrogen) atoms. The normalized spacial score (nSPS) is 30.1. The number of aromatic nitrogens is 4. The van der Waals surface area contributed by atoms with Crippen molar-refractivity contribution in [1.29, 1.82) is 0 Å². The zero-order chi connectivity index (χ0) is 14.4. The van der Waals surface area contributed by atoms with E-state index in [0.29, 0.717) is 0 Å². The molecule has 0 bridgehead atoms. The zero-order valence-electron chi connectivity index (χ0n) is 10.1. The van der Waals surface area contributed by atoms with E-state index in [-0.39, 0.29) is 11.0 Å². The first-order valence-corrected chi connectivity index (χ1v) is 5.85. The van der Waals surface area contributed by atoms with E-state index in [9.17, 15) is 19.8 Å². The average Bonchev–Trinajstić information content (AvgIpc) is 2.99. The fourth-order valence-electron chi connectivity index (χ4n) is 2.29. The van der Waals surface area contributed by atoms with Crippen LogP contribution in [0.15, 0.2) is 15.8 Å². The molecule has 0 spiro atoms. The molecule has 0 aromatic carbocycles. The molecule has 2 aromatic rings. The van der Waals surface area contributed by atoms with Crippen LogP contribution in [-0.2, 0) is 4.74 Å². The van der Waals surface area contributed by atoms with Gasteiger partial charge in [0.15, 0.2) is 6.23 Å². The second-order valence-electron chi connectivity index (χ2n) is 4.49. The second kappa shape index (κ2) is 4.52. The number of nitrogens with one attached hydrogen (secondary N) is 2. The van der Waals surface area contributed by atoms with E-state index in [4.69, 9.17) is 9.84 Å². The van der Waals surface area contributed by atoms with E-state index in [0.717, 1.165) is 4.57 Å². The first-order valence-electron chi connectivity index (χ1n) is 5.85. The molecule has 5 N–H and O–H groups in total. The Morgan fingerprint density at radius 1 is 1.35 bits per heavy atom. The summed E-state index contributed by atoms with van der Waals surface area (Å²) in [6, 6.07) is 0. The number of ether oxygens (including phenoxy) is 1. The molecule has 0 saturated carbocycles. The number of nitrogens with zero attached hydrogens (tertiary/aromatic N) is 2. The van der Waals surface area contributed by atoms with Gasteiger partial charge in [-0.05, 0) is 0 Å². The number of fused-ring (bicyclic) bond motifs is 1. The molecule has 108 valence electrons. The minimum absolute atomic E-state index is 0.0635. The van der Waals surface area contributed by atoms with E-state index in [1.54, 1.807) is 0 Å². The number of rotatable bonds is 2. The summed E-state index contributed by atoms with van der Waals surface area (Å²) < 4.78 is 6.21. The van der Waals surface area contributed by atoms with E-state index in [2.05, 4.69) is 15.2 Å². The molecule has 10 heteroatoms. The Morgan fingerprint density at radius 3 is 2.75 bits per heavy atom. The molecule has 1 aliphatic heterocycles. The lowest BCUT2D eigenvalue weighted by Gasteiger charge is -2.17. The Hall–Kier alpha value is -2.01. The summed E-state index contributed by atoms with van der Waals surface area (Å²) in [7, 11) is 0. The van der Waals surface area contributed by atoms with Crippen LogP contribution in [0.3, 0.4) is 0 Å². The molecular formula is C10H12N4O6. The molecule has 0 radical (unpaired) electrons. The lowest BCUT2D eigenvalue weighted by Crippen LogP contribution is -2.38.